The lowest BCUT2D eigenvalue weighted by Crippen LogP contribution is -2.60. The Kier molecular flexibility index (Phi) is 12.8. The summed E-state index contributed by atoms with van der Waals surface area (Å²) >= 11 is 1.51. The molecule has 0 bridgehead atoms. The molecule has 1 aromatic rings. The second-order valence-corrected chi connectivity index (χ2v) is 8.85. The summed E-state index contributed by atoms with van der Waals surface area (Å²) in [5, 5.41) is 26.5. The summed E-state index contributed by atoms with van der Waals surface area (Å²) in [5.41, 5.74) is 11.4. The molecule has 5 unspecified atom stereocenters. The molecule has 14 nitrogen and oxygen atoms in total. The van der Waals surface area contributed by atoms with Gasteiger partial charge < -0.3 is 42.6 Å². The summed E-state index contributed by atoms with van der Waals surface area (Å²) in [6, 6.07) is -5.06. The van der Waals surface area contributed by atoms with Gasteiger partial charge in [-0.2, -0.15) is 11.8 Å². The van der Waals surface area contributed by atoms with E-state index >= 15 is 0 Å². The molecule has 0 aliphatic rings. The summed E-state index contributed by atoms with van der Waals surface area (Å²) < 4.78 is 0. The Morgan fingerprint density at radius 1 is 1.09 bits per heavy atom. The topological polar surface area (TPSA) is 243 Å². The monoisotopic (exact) mass is 515 g/mol. The van der Waals surface area contributed by atoms with Crippen molar-refractivity contribution in [2.45, 2.75) is 62.9 Å². The minimum Gasteiger partial charge on any atom is -0.480 e. The number of carbonyl (C=O) groups is 5. The molecule has 0 saturated heterocycles. The van der Waals surface area contributed by atoms with Gasteiger partial charge in [-0.05, 0) is 31.8 Å². The first-order valence-electron chi connectivity index (χ1n) is 10.8. The molecular formula is C20H33N7O7S. The van der Waals surface area contributed by atoms with E-state index < -0.39 is 59.9 Å². The molecule has 1 aromatic heterocycles. The van der Waals surface area contributed by atoms with Gasteiger partial charge in [0.05, 0.1) is 18.5 Å². The Morgan fingerprint density at radius 3 is 2.26 bits per heavy atom. The molecule has 0 aliphatic heterocycles. The first-order chi connectivity index (χ1) is 16.5. The van der Waals surface area contributed by atoms with E-state index in [0.717, 1.165) is 0 Å². The van der Waals surface area contributed by atoms with Gasteiger partial charge in [-0.25, -0.2) is 9.78 Å². The van der Waals surface area contributed by atoms with E-state index in [0.29, 0.717) is 17.9 Å². The van der Waals surface area contributed by atoms with Crippen molar-refractivity contribution in [2.24, 2.45) is 11.5 Å². The highest BCUT2D eigenvalue weighted by atomic mass is 32.2. The molecule has 15 heteroatoms. The molecule has 5 atom stereocenters. The number of H-pyrrole nitrogens is 1. The molecule has 196 valence electrons. The van der Waals surface area contributed by atoms with Crippen LogP contribution in [0.25, 0.3) is 0 Å². The van der Waals surface area contributed by atoms with Gasteiger partial charge in [-0.1, -0.05) is 0 Å². The minimum absolute atomic E-state index is 0.0165. The number of carboxylic acid groups (broad SMARTS) is 1. The molecule has 35 heavy (non-hydrogen) atoms. The number of nitrogens with one attached hydrogen (secondary N) is 4. The molecule has 0 fully saturated rings. The van der Waals surface area contributed by atoms with E-state index in [1.165, 1.54) is 31.2 Å². The van der Waals surface area contributed by atoms with E-state index in [1.54, 1.807) is 0 Å². The highest BCUT2D eigenvalue weighted by Crippen LogP contribution is 2.05. The fourth-order valence-corrected chi connectivity index (χ4v) is 3.43. The summed E-state index contributed by atoms with van der Waals surface area (Å²) in [4.78, 5) is 67.3. The van der Waals surface area contributed by atoms with Gasteiger partial charge in [-0.15, -0.1) is 0 Å². The van der Waals surface area contributed by atoms with Crippen molar-refractivity contribution in [1.29, 1.82) is 0 Å². The second-order valence-electron chi connectivity index (χ2n) is 7.86. The Morgan fingerprint density at radius 2 is 1.74 bits per heavy atom. The van der Waals surface area contributed by atoms with Gasteiger partial charge in [0.2, 0.25) is 23.6 Å². The van der Waals surface area contributed by atoms with Crippen LogP contribution in [0.4, 0.5) is 0 Å². The molecule has 1 heterocycles. The molecule has 0 aromatic carbocycles. The largest absolute Gasteiger partial charge is 0.480 e. The van der Waals surface area contributed by atoms with Crippen LogP contribution in [0.5, 0.6) is 0 Å². The van der Waals surface area contributed by atoms with Crippen LogP contribution in [0.1, 0.15) is 31.9 Å². The van der Waals surface area contributed by atoms with Gasteiger partial charge >= 0.3 is 5.97 Å². The number of thioether (sulfide) groups is 1. The minimum atomic E-state index is -1.55. The third-order valence-corrected chi connectivity index (χ3v) is 5.58. The van der Waals surface area contributed by atoms with Crippen molar-refractivity contribution in [2.75, 3.05) is 12.0 Å². The number of nitrogens with two attached hydrogens (primary N) is 2. The van der Waals surface area contributed by atoms with Crippen LogP contribution in [-0.2, 0) is 30.4 Å². The number of aromatic nitrogens is 2. The Hall–Kier alpha value is -3.17. The maximum Gasteiger partial charge on any atom is 0.326 e. The van der Waals surface area contributed by atoms with Gasteiger partial charge in [0.25, 0.3) is 0 Å². The quantitative estimate of drug-likeness (QED) is 0.112. The van der Waals surface area contributed by atoms with Crippen molar-refractivity contribution in [3.8, 4) is 0 Å². The number of primary amides is 1. The smallest absolute Gasteiger partial charge is 0.326 e. The van der Waals surface area contributed by atoms with Crippen LogP contribution in [0.2, 0.25) is 0 Å². The normalized spacial score (nSPS) is 15.2. The summed E-state index contributed by atoms with van der Waals surface area (Å²) in [6.07, 6.45) is 3.08. The van der Waals surface area contributed by atoms with Crippen molar-refractivity contribution in [1.82, 2.24) is 25.9 Å². The Balaban J connectivity index is 2.98. The first-order valence-corrected chi connectivity index (χ1v) is 12.2. The van der Waals surface area contributed by atoms with Gasteiger partial charge in [0.15, 0.2) is 0 Å². The zero-order valence-corrected chi connectivity index (χ0v) is 20.3. The number of hydrogen-bond donors (Lipinski definition) is 8. The Labute approximate surface area is 206 Å². The standard InChI is InChI=1S/C20H33N7O7S/c1-10(28)16(19(32)25-13(20(33)34)3-4-15(22)29)27-18(31)14(7-11-8-23-9-24-11)26-17(30)12(21)5-6-35-2/h8-10,12-14,16,28H,3-7,21H2,1-2H3,(H2,22,29)(H,23,24)(H,25,32)(H,26,30)(H,27,31)(H,33,34). The molecule has 0 spiro atoms. The maximum atomic E-state index is 13.0. The molecule has 0 aliphatic carbocycles. The highest BCUT2D eigenvalue weighted by Gasteiger charge is 2.33. The fraction of sp³-hybridized carbons (Fsp3) is 0.600. The van der Waals surface area contributed by atoms with Crippen molar-refractivity contribution >= 4 is 41.4 Å². The van der Waals surface area contributed by atoms with Crippen LogP contribution in [-0.4, -0.2) is 92.1 Å². The average Bonchev–Trinajstić information content (AvgIpc) is 3.30. The van der Waals surface area contributed by atoms with E-state index in [4.69, 9.17) is 11.5 Å². The molecule has 0 saturated carbocycles. The number of amides is 4. The Bertz CT molecular complexity index is 866. The van der Waals surface area contributed by atoms with E-state index in [9.17, 15) is 34.2 Å². The molecular weight excluding hydrogens is 482 g/mol. The number of hydrogen-bond acceptors (Lipinski definition) is 9. The molecule has 10 N–H and O–H groups in total. The lowest BCUT2D eigenvalue weighted by molar-refractivity contribution is -0.143. The SMILES string of the molecule is CSCCC(N)C(=O)NC(Cc1cnc[nH]1)C(=O)NC(C(=O)NC(CCC(N)=O)C(=O)O)C(C)O. The second kappa shape index (κ2) is 15.0. The number of carboxylic acids is 1. The van der Waals surface area contributed by atoms with Gasteiger partial charge in [0.1, 0.15) is 18.1 Å². The molecule has 1 rings (SSSR count). The summed E-state index contributed by atoms with van der Waals surface area (Å²) in [6.45, 7) is 1.23. The average molecular weight is 516 g/mol. The molecule has 4 amide bonds. The first kappa shape index (κ1) is 29.9. The van der Waals surface area contributed by atoms with Crippen LogP contribution < -0.4 is 27.4 Å². The van der Waals surface area contributed by atoms with Crippen molar-refractivity contribution < 1.29 is 34.2 Å². The number of imidazole rings is 1. The van der Waals surface area contributed by atoms with Gasteiger partial charge in [0, 0.05) is 24.7 Å². The highest BCUT2D eigenvalue weighted by molar-refractivity contribution is 7.98. The van der Waals surface area contributed by atoms with Gasteiger partial charge in [-0.3, -0.25) is 19.2 Å². The lowest BCUT2D eigenvalue weighted by atomic mass is 10.1. The summed E-state index contributed by atoms with van der Waals surface area (Å²) in [5.74, 6) is -3.91. The molecule has 0 radical (unpaired) electrons. The fourth-order valence-electron chi connectivity index (χ4n) is 2.94. The number of rotatable bonds is 16. The number of carbonyl (C=O) groups excluding carboxylic acids is 4. The number of aliphatic carboxylic acids is 1. The lowest BCUT2D eigenvalue weighted by Gasteiger charge is -2.26. The van der Waals surface area contributed by atoms with E-state index in [-0.39, 0.29) is 19.3 Å². The maximum absolute atomic E-state index is 13.0. The summed E-state index contributed by atoms with van der Waals surface area (Å²) in [7, 11) is 0. The van der Waals surface area contributed by atoms with Crippen molar-refractivity contribution in [3.05, 3.63) is 18.2 Å². The number of aromatic amines is 1. The van der Waals surface area contributed by atoms with E-state index in [2.05, 4.69) is 25.9 Å². The predicted molar refractivity (Wildman–Crippen MR) is 127 cm³/mol. The van der Waals surface area contributed by atoms with Crippen LogP contribution >= 0.6 is 11.8 Å². The van der Waals surface area contributed by atoms with Crippen LogP contribution in [0.3, 0.4) is 0 Å². The number of aliphatic hydroxyl groups excluding tert-OH is 1. The third-order valence-electron chi connectivity index (χ3n) is 4.94. The zero-order chi connectivity index (χ0) is 26.5. The third kappa shape index (κ3) is 10.7. The predicted octanol–water partition coefficient (Wildman–Crippen LogP) is -2.78. The van der Waals surface area contributed by atoms with Crippen LogP contribution in [0.15, 0.2) is 12.5 Å². The number of aliphatic hydroxyl groups is 1. The number of nitrogens with zero attached hydrogens (tertiary/aromatic N) is 1. The van der Waals surface area contributed by atoms with Crippen molar-refractivity contribution in [3.63, 3.8) is 0 Å². The zero-order valence-electron chi connectivity index (χ0n) is 19.5. The van der Waals surface area contributed by atoms with Crippen LogP contribution in [0, 0.1) is 0 Å². The van der Waals surface area contributed by atoms with E-state index in [1.807, 2.05) is 6.26 Å².